The van der Waals surface area contributed by atoms with Crippen molar-refractivity contribution in [3.05, 3.63) is 47.8 Å². The van der Waals surface area contributed by atoms with Crippen molar-refractivity contribution in [1.82, 2.24) is 9.97 Å². The lowest BCUT2D eigenvalue weighted by Gasteiger charge is -2.20. The van der Waals surface area contributed by atoms with E-state index in [1.165, 1.54) is 0 Å². The van der Waals surface area contributed by atoms with Crippen LogP contribution < -0.4 is 25.3 Å². The molecule has 0 saturated carbocycles. The molecule has 164 valence electrons. The SMILES string of the molecule is COc1cc(C(C)Nc2nc(CCN)nc3ccccc23)cc(OC)c1OC.Cl.Cl. The van der Waals surface area contributed by atoms with E-state index in [0.29, 0.717) is 30.2 Å². The number of fused-ring (bicyclic) bond motifs is 1. The molecule has 30 heavy (non-hydrogen) atoms. The first kappa shape index (κ1) is 25.6. The minimum Gasteiger partial charge on any atom is -0.493 e. The van der Waals surface area contributed by atoms with Gasteiger partial charge in [0.15, 0.2) is 11.5 Å². The molecule has 1 atom stereocenters. The Hall–Kier alpha value is -2.48. The number of methoxy groups -OCH3 is 3. The largest absolute Gasteiger partial charge is 0.493 e. The summed E-state index contributed by atoms with van der Waals surface area (Å²) in [6, 6.07) is 11.7. The Morgan fingerprint density at radius 3 is 2.17 bits per heavy atom. The van der Waals surface area contributed by atoms with Crippen LogP contribution in [0.4, 0.5) is 5.82 Å². The molecule has 3 N–H and O–H groups in total. The van der Waals surface area contributed by atoms with Crippen LogP contribution in [0.5, 0.6) is 17.2 Å². The third-order valence-electron chi connectivity index (χ3n) is 4.56. The van der Waals surface area contributed by atoms with Gasteiger partial charge in [-0.15, -0.1) is 24.8 Å². The van der Waals surface area contributed by atoms with Gasteiger partial charge >= 0.3 is 0 Å². The molecule has 1 heterocycles. The maximum absolute atomic E-state index is 5.70. The number of nitrogens with two attached hydrogens (primary N) is 1. The molecule has 1 unspecified atom stereocenters. The van der Waals surface area contributed by atoms with Gasteiger partial charge in [-0.05, 0) is 43.3 Å². The van der Waals surface area contributed by atoms with E-state index in [0.717, 1.165) is 28.1 Å². The number of ether oxygens (including phenoxy) is 3. The Morgan fingerprint density at radius 2 is 1.60 bits per heavy atom. The van der Waals surface area contributed by atoms with E-state index in [-0.39, 0.29) is 30.9 Å². The van der Waals surface area contributed by atoms with Crippen molar-refractivity contribution >= 4 is 41.5 Å². The van der Waals surface area contributed by atoms with E-state index >= 15 is 0 Å². The number of para-hydroxylation sites is 1. The summed E-state index contributed by atoms with van der Waals surface area (Å²) in [7, 11) is 4.81. The zero-order valence-corrected chi connectivity index (χ0v) is 19.1. The number of anilines is 1. The third kappa shape index (κ3) is 5.36. The van der Waals surface area contributed by atoms with Gasteiger partial charge in [-0.2, -0.15) is 0 Å². The number of hydrogen-bond donors (Lipinski definition) is 2. The highest BCUT2D eigenvalue weighted by atomic mass is 35.5. The number of aromatic nitrogens is 2. The zero-order chi connectivity index (χ0) is 20.1. The first-order valence-electron chi connectivity index (χ1n) is 9.13. The highest BCUT2D eigenvalue weighted by Crippen LogP contribution is 2.40. The molecule has 0 bridgehead atoms. The minimum atomic E-state index is -0.0576. The summed E-state index contributed by atoms with van der Waals surface area (Å²) in [4.78, 5) is 9.28. The molecule has 0 aliphatic carbocycles. The Morgan fingerprint density at radius 1 is 0.967 bits per heavy atom. The maximum atomic E-state index is 5.70. The van der Waals surface area contributed by atoms with Gasteiger partial charge in [0, 0.05) is 11.8 Å². The van der Waals surface area contributed by atoms with E-state index in [1.54, 1.807) is 21.3 Å². The average Bonchev–Trinajstić information content (AvgIpc) is 2.72. The second kappa shape index (κ2) is 11.6. The molecule has 0 aliphatic heterocycles. The van der Waals surface area contributed by atoms with E-state index in [9.17, 15) is 0 Å². The van der Waals surface area contributed by atoms with Crippen LogP contribution in [0.15, 0.2) is 36.4 Å². The van der Waals surface area contributed by atoms with Crippen molar-refractivity contribution in [3.8, 4) is 17.2 Å². The quantitative estimate of drug-likeness (QED) is 0.527. The van der Waals surface area contributed by atoms with Crippen molar-refractivity contribution in [3.63, 3.8) is 0 Å². The fraction of sp³-hybridized carbons (Fsp3) is 0.333. The third-order valence-corrected chi connectivity index (χ3v) is 4.56. The first-order valence-corrected chi connectivity index (χ1v) is 9.13. The smallest absolute Gasteiger partial charge is 0.203 e. The maximum Gasteiger partial charge on any atom is 0.203 e. The Kier molecular flexibility index (Phi) is 9.92. The van der Waals surface area contributed by atoms with Crippen LogP contribution in [0.2, 0.25) is 0 Å². The summed E-state index contributed by atoms with van der Waals surface area (Å²) in [5, 5.41) is 4.46. The summed E-state index contributed by atoms with van der Waals surface area (Å²) >= 11 is 0. The van der Waals surface area contributed by atoms with Gasteiger partial charge in [-0.1, -0.05) is 12.1 Å². The first-order chi connectivity index (χ1) is 13.6. The zero-order valence-electron chi connectivity index (χ0n) is 17.5. The summed E-state index contributed by atoms with van der Waals surface area (Å²) in [5.41, 5.74) is 7.57. The lowest BCUT2D eigenvalue weighted by atomic mass is 10.1. The lowest BCUT2D eigenvalue weighted by Crippen LogP contribution is -2.12. The van der Waals surface area contributed by atoms with Crippen LogP contribution in [0.3, 0.4) is 0 Å². The monoisotopic (exact) mass is 454 g/mol. The van der Waals surface area contributed by atoms with Crippen molar-refractivity contribution in [2.24, 2.45) is 5.73 Å². The number of benzene rings is 2. The highest BCUT2D eigenvalue weighted by molar-refractivity contribution is 5.89. The number of halogens is 2. The van der Waals surface area contributed by atoms with Gasteiger partial charge in [0.25, 0.3) is 0 Å². The van der Waals surface area contributed by atoms with Crippen LogP contribution in [0.25, 0.3) is 10.9 Å². The molecule has 1 aromatic heterocycles. The summed E-state index contributed by atoms with van der Waals surface area (Å²) in [5.74, 6) is 3.29. The molecule has 7 nitrogen and oxygen atoms in total. The Bertz CT molecular complexity index is 947. The molecule has 9 heteroatoms. The average molecular weight is 455 g/mol. The van der Waals surface area contributed by atoms with Gasteiger partial charge in [-0.25, -0.2) is 9.97 Å². The Labute approximate surface area is 189 Å². The van der Waals surface area contributed by atoms with Gasteiger partial charge in [0.1, 0.15) is 11.6 Å². The van der Waals surface area contributed by atoms with E-state index in [4.69, 9.17) is 19.9 Å². The van der Waals surface area contributed by atoms with Crippen molar-refractivity contribution in [2.75, 3.05) is 33.2 Å². The molecule has 3 rings (SSSR count). The van der Waals surface area contributed by atoms with Crippen LogP contribution in [-0.2, 0) is 6.42 Å². The molecule has 0 aliphatic rings. The number of rotatable bonds is 8. The van der Waals surface area contributed by atoms with E-state index < -0.39 is 0 Å². The fourth-order valence-electron chi connectivity index (χ4n) is 3.12. The molecular formula is C21H28Cl2N4O3. The van der Waals surface area contributed by atoms with Gasteiger partial charge in [0.2, 0.25) is 5.75 Å². The summed E-state index contributed by atoms with van der Waals surface area (Å²) < 4.78 is 16.3. The normalized spacial score (nSPS) is 11.1. The standard InChI is InChI=1S/C21H26N4O3.2ClH/c1-13(14-11-17(26-2)20(28-4)18(12-14)27-3)23-21-15-7-5-6-8-16(15)24-19(25-21)9-10-22;;/h5-8,11-13H,9-10,22H2,1-4H3,(H,23,24,25);2*1H. The summed E-state index contributed by atoms with van der Waals surface area (Å²) in [6.07, 6.45) is 0.623. The van der Waals surface area contributed by atoms with Crippen molar-refractivity contribution < 1.29 is 14.2 Å². The molecule has 3 aromatic rings. The molecule has 0 saturated heterocycles. The van der Waals surface area contributed by atoms with Crippen molar-refractivity contribution in [1.29, 1.82) is 0 Å². The second-order valence-electron chi connectivity index (χ2n) is 6.37. The Balaban J connectivity index is 0.00000225. The number of nitrogens with zero attached hydrogens (tertiary/aromatic N) is 2. The van der Waals surface area contributed by atoms with Gasteiger partial charge < -0.3 is 25.3 Å². The van der Waals surface area contributed by atoms with Gasteiger partial charge in [0.05, 0.1) is 32.9 Å². The molecule has 0 spiro atoms. The number of hydrogen-bond acceptors (Lipinski definition) is 7. The predicted octanol–water partition coefficient (Wildman–Crippen LogP) is 4.17. The lowest BCUT2D eigenvalue weighted by molar-refractivity contribution is 0.323. The van der Waals surface area contributed by atoms with Crippen LogP contribution in [0.1, 0.15) is 24.4 Å². The van der Waals surface area contributed by atoms with E-state index in [2.05, 4.69) is 22.2 Å². The van der Waals surface area contributed by atoms with Crippen molar-refractivity contribution in [2.45, 2.75) is 19.4 Å². The molecule has 2 aromatic carbocycles. The van der Waals surface area contributed by atoms with Gasteiger partial charge in [-0.3, -0.25) is 0 Å². The number of nitrogens with one attached hydrogen (secondary N) is 1. The molecule has 0 radical (unpaired) electrons. The minimum absolute atomic E-state index is 0. The topological polar surface area (TPSA) is 91.5 Å². The van der Waals surface area contributed by atoms with E-state index in [1.807, 2.05) is 36.4 Å². The summed E-state index contributed by atoms with van der Waals surface area (Å²) in [6.45, 7) is 2.56. The molecule has 0 amide bonds. The van der Waals surface area contributed by atoms with Crippen LogP contribution >= 0.6 is 24.8 Å². The highest BCUT2D eigenvalue weighted by Gasteiger charge is 2.18. The van der Waals surface area contributed by atoms with Crippen LogP contribution in [-0.4, -0.2) is 37.8 Å². The fourth-order valence-corrected chi connectivity index (χ4v) is 3.12. The van der Waals surface area contributed by atoms with Crippen LogP contribution in [0, 0.1) is 0 Å². The molecule has 0 fully saturated rings. The predicted molar refractivity (Wildman–Crippen MR) is 125 cm³/mol. The second-order valence-corrected chi connectivity index (χ2v) is 6.37. The molecular weight excluding hydrogens is 427 g/mol.